The van der Waals surface area contributed by atoms with Crippen molar-refractivity contribution >= 4 is 23.2 Å². The van der Waals surface area contributed by atoms with Crippen LogP contribution in [-0.4, -0.2) is 10.8 Å². The van der Waals surface area contributed by atoms with Gasteiger partial charge in [0.05, 0.1) is 22.4 Å². The first-order valence-corrected chi connectivity index (χ1v) is 7.10. The minimum absolute atomic E-state index is 0.0361. The molecule has 0 spiro atoms. The summed E-state index contributed by atoms with van der Waals surface area (Å²) in [6.45, 7) is 0. The summed E-state index contributed by atoms with van der Waals surface area (Å²) in [5.74, 6) is 1.49. The summed E-state index contributed by atoms with van der Waals surface area (Å²) < 4.78 is 0. The van der Waals surface area contributed by atoms with Gasteiger partial charge in [-0.2, -0.15) is 5.26 Å². The Labute approximate surface area is 116 Å². The maximum Gasteiger partial charge on any atom is 0.0994 e. The first kappa shape index (κ1) is 10.9. The fraction of sp³-hybridized carbons (Fsp3) is 0.400. The van der Waals surface area contributed by atoms with Gasteiger partial charge in [0.2, 0.25) is 0 Å². The maximum absolute atomic E-state index is 9.28. The molecule has 90 valence electrons. The number of benzene rings is 1. The van der Waals surface area contributed by atoms with E-state index in [9.17, 15) is 5.26 Å². The molecule has 2 bridgehead atoms. The third kappa shape index (κ3) is 1.09. The minimum atomic E-state index is 0.0361. The molecule has 1 saturated carbocycles. The Morgan fingerprint density at radius 3 is 2.39 bits per heavy atom. The number of hydrogen-bond donors (Lipinski definition) is 0. The van der Waals surface area contributed by atoms with Crippen LogP contribution in [0.2, 0.25) is 0 Å². The van der Waals surface area contributed by atoms with Gasteiger partial charge in [-0.3, -0.25) is 0 Å². The van der Waals surface area contributed by atoms with E-state index in [4.69, 9.17) is 23.2 Å². The van der Waals surface area contributed by atoms with Gasteiger partial charge in [-0.1, -0.05) is 24.3 Å². The van der Waals surface area contributed by atoms with Crippen molar-refractivity contribution in [2.24, 2.45) is 11.8 Å². The van der Waals surface area contributed by atoms with Crippen LogP contribution in [0.5, 0.6) is 0 Å². The second-order valence-electron chi connectivity index (χ2n) is 5.40. The lowest BCUT2D eigenvalue weighted by molar-refractivity contribution is 0.129. The fourth-order valence-electron chi connectivity index (χ4n) is 4.02. The standard InChI is InChI=1S/C15H11Cl2N/c16-14-12-9-4-5-10(13(12)15(14)17)11-7(6-18)2-1-3-8(9)11/h1-5,9-10,12-15H. The SMILES string of the molecule is N#Cc1cccc2c1C1C=CC2C2C(Cl)C(Cl)C12. The third-order valence-electron chi connectivity index (χ3n) is 4.79. The van der Waals surface area contributed by atoms with Crippen LogP contribution in [0.4, 0.5) is 0 Å². The van der Waals surface area contributed by atoms with Crippen LogP contribution < -0.4 is 0 Å². The molecule has 3 heteroatoms. The molecule has 0 saturated heterocycles. The molecule has 0 N–H and O–H groups in total. The number of nitriles is 1. The van der Waals surface area contributed by atoms with Crippen molar-refractivity contribution in [1.29, 1.82) is 5.26 Å². The van der Waals surface area contributed by atoms with Crippen LogP contribution >= 0.6 is 23.2 Å². The summed E-state index contributed by atoms with van der Waals surface area (Å²) in [5, 5.41) is 9.38. The summed E-state index contributed by atoms with van der Waals surface area (Å²) in [6.07, 6.45) is 4.49. The van der Waals surface area contributed by atoms with E-state index < -0.39 is 0 Å². The Balaban J connectivity index is 1.94. The molecule has 6 atom stereocenters. The average Bonchev–Trinajstić information content (AvgIpc) is 2.45. The Bertz CT molecular complexity index is 601. The first-order chi connectivity index (χ1) is 8.74. The highest BCUT2D eigenvalue weighted by atomic mass is 35.5. The van der Waals surface area contributed by atoms with Crippen LogP contribution in [0.1, 0.15) is 28.5 Å². The maximum atomic E-state index is 9.28. The molecule has 6 unspecified atom stereocenters. The quantitative estimate of drug-likeness (QED) is 0.522. The summed E-state index contributed by atoms with van der Waals surface area (Å²) in [7, 11) is 0. The summed E-state index contributed by atoms with van der Waals surface area (Å²) in [6, 6.07) is 8.33. The molecule has 1 nitrogen and oxygen atoms in total. The van der Waals surface area contributed by atoms with Gasteiger partial charge in [0, 0.05) is 11.8 Å². The van der Waals surface area contributed by atoms with Gasteiger partial charge in [-0.05, 0) is 29.0 Å². The van der Waals surface area contributed by atoms with Crippen molar-refractivity contribution in [2.75, 3.05) is 0 Å². The number of halogens is 2. The molecular weight excluding hydrogens is 265 g/mol. The van der Waals surface area contributed by atoms with E-state index in [1.54, 1.807) is 0 Å². The van der Waals surface area contributed by atoms with Gasteiger partial charge in [0.25, 0.3) is 0 Å². The molecule has 1 fully saturated rings. The molecule has 0 heterocycles. The minimum Gasteiger partial charge on any atom is -0.192 e. The van der Waals surface area contributed by atoms with Gasteiger partial charge in [0.1, 0.15) is 0 Å². The van der Waals surface area contributed by atoms with Gasteiger partial charge in [-0.25, -0.2) is 0 Å². The Kier molecular flexibility index (Phi) is 2.14. The monoisotopic (exact) mass is 275 g/mol. The van der Waals surface area contributed by atoms with E-state index in [0.717, 1.165) is 5.56 Å². The third-order valence-corrected chi connectivity index (χ3v) is 6.05. The molecule has 1 aromatic rings. The zero-order chi connectivity index (χ0) is 12.4. The Morgan fingerprint density at radius 1 is 1.00 bits per heavy atom. The Morgan fingerprint density at radius 2 is 1.67 bits per heavy atom. The van der Waals surface area contributed by atoms with Crippen LogP contribution in [-0.2, 0) is 0 Å². The lowest BCUT2D eigenvalue weighted by atomic mass is 9.50. The van der Waals surface area contributed by atoms with E-state index in [1.807, 2.05) is 12.1 Å². The van der Waals surface area contributed by atoms with Crippen LogP contribution in [0.15, 0.2) is 30.4 Å². The van der Waals surface area contributed by atoms with Gasteiger partial charge >= 0.3 is 0 Å². The lowest BCUT2D eigenvalue weighted by Gasteiger charge is -2.58. The topological polar surface area (TPSA) is 23.8 Å². The molecule has 0 radical (unpaired) electrons. The van der Waals surface area contributed by atoms with Gasteiger partial charge in [0.15, 0.2) is 0 Å². The van der Waals surface area contributed by atoms with Crippen molar-refractivity contribution in [3.63, 3.8) is 0 Å². The molecule has 18 heavy (non-hydrogen) atoms. The van der Waals surface area contributed by atoms with E-state index in [0.29, 0.717) is 17.8 Å². The van der Waals surface area contributed by atoms with Crippen molar-refractivity contribution in [3.05, 3.63) is 47.0 Å². The number of allylic oxidation sites excluding steroid dienone is 2. The second kappa shape index (κ2) is 3.53. The van der Waals surface area contributed by atoms with Gasteiger partial charge < -0.3 is 0 Å². The van der Waals surface area contributed by atoms with Crippen molar-refractivity contribution in [2.45, 2.75) is 22.6 Å². The highest BCUT2D eigenvalue weighted by Gasteiger charge is 2.59. The van der Waals surface area contributed by atoms with Crippen LogP contribution in [0, 0.1) is 23.2 Å². The molecular formula is C15H11Cl2N. The molecule has 0 aliphatic heterocycles. The number of rotatable bonds is 0. The molecule has 0 amide bonds. The molecule has 1 aromatic carbocycles. The predicted molar refractivity (Wildman–Crippen MR) is 72.0 cm³/mol. The highest BCUT2D eigenvalue weighted by molar-refractivity contribution is 6.31. The summed E-state index contributed by atoms with van der Waals surface area (Å²) in [5.41, 5.74) is 3.28. The van der Waals surface area contributed by atoms with Crippen molar-refractivity contribution in [3.8, 4) is 6.07 Å². The van der Waals surface area contributed by atoms with Crippen molar-refractivity contribution in [1.82, 2.24) is 0 Å². The van der Waals surface area contributed by atoms with E-state index in [2.05, 4.69) is 24.3 Å². The molecule has 4 aliphatic carbocycles. The lowest BCUT2D eigenvalue weighted by Crippen LogP contribution is -2.57. The fourth-order valence-corrected chi connectivity index (χ4v) is 5.00. The van der Waals surface area contributed by atoms with Crippen LogP contribution in [0.3, 0.4) is 0 Å². The summed E-state index contributed by atoms with van der Waals surface area (Å²) >= 11 is 12.8. The first-order valence-electron chi connectivity index (χ1n) is 6.23. The second-order valence-corrected chi connectivity index (χ2v) is 6.41. The average molecular weight is 276 g/mol. The molecule has 5 rings (SSSR count). The van der Waals surface area contributed by atoms with E-state index in [1.165, 1.54) is 11.1 Å². The highest BCUT2D eigenvalue weighted by Crippen LogP contribution is 2.63. The zero-order valence-electron chi connectivity index (χ0n) is 9.55. The number of hydrogen-bond acceptors (Lipinski definition) is 1. The number of alkyl halides is 2. The normalized spacial score (nSPS) is 42.7. The largest absolute Gasteiger partial charge is 0.192 e. The molecule has 4 aliphatic rings. The summed E-state index contributed by atoms with van der Waals surface area (Å²) in [4.78, 5) is 0. The van der Waals surface area contributed by atoms with E-state index in [-0.39, 0.29) is 16.7 Å². The van der Waals surface area contributed by atoms with Crippen molar-refractivity contribution < 1.29 is 0 Å². The van der Waals surface area contributed by atoms with E-state index >= 15 is 0 Å². The smallest absolute Gasteiger partial charge is 0.0994 e. The predicted octanol–water partition coefficient (Wildman–Crippen LogP) is 3.77. The van der Waals surface area contributed by atoms with Gasteiger partial charge in [-0.15, -0.1) is 23.2 Å². The zero-order valence-corrected chi connectivity index (χ0v) is 11.1. The molecule has 0 aromatic heterocycles. The van der Waals surface area contributed by atoms with Crippen LogP contribution in [0.25, 0.3) is 0 Å². The number of nitrogens with zero attached hydrogens (tertiary/aromatic N) is 1. The Hall–Kier alpha value is -0.970.